The first-order chi connectivity index (χ1) is 19.3. The van der Waals surface area contributed by atoms with E-state index < -0.39 is 0 Å². The number of carbonyl (C=O) groups is 1. The van der Waals surface area contributed by atoms with E-state index in [-0.39, 0.29) is 12.1 Å². The number of anilines is 1. The quantitative estimate of drug-likeness (QED) is 0.254. The van der Waals surface area contributed by atoms with Gasteiger partial charge in [0.05, 0.1) is 35.5 Å². The Hall–Kier alpha value is -3.08. The SMILES string of the molecule is CCOC(=O)N1CCCCC1CNc1nc(-c2cc(OCCCNC)ccc2Cl)nc(-c2c(C)noc2C)c1Cl. The van der Waals surface area contributed by atoms with Crippen LogP contribution in [0.3, 0.4) is 0 Å². The monoisotopic (exact) mass is 590 g/mol. The predicted octanol–water partition coefficient (Wildman–Crippen LogP) is 6.13. The highest BCUT2D eigenvalue weighted by Crippen LogP contribution is 2.39. The number of nitrogens with one attached hydrogen (secondary N) is 2. The molecule has 216 valence electrons. The van der Waals surface area contributed by atoms with Crippen LogP contribution in [0.5, 0.6) is 5.75 Å². The number of aromatic nitrogens is 3. The lowest BCUT2D eigenvalue weighted by atomic mass is 10.0. The lowest BCUT2D eigenvalue weighted by molar-refractivity contribution is 0.0797. The van der Waals surface area contributed by atoms with Crippen molar-refractivity contribution in [2.24, 2.45) is 0 Å². The van der Waals surface area contributed by atoms with Crippen molar-refractivity contribution in [2.75, 3.05) is 45.2 Å². The highest BCUT2D eigenvalue weighted by atomic mass is 35.5. The Balaban J connectivity index is 1.70. The number of hydrogen-bond donors (Lipinski definition) is 2. The van der Waals surface area contributed by atoms with Crippen molar-refractivity contribution in [2.45, 2.75) is 52.5 Å². The first-order valence-corrected chi connectivity index (χ1v) is 14.3. The largest absolute Gasteiger partial charge is 0.494 e. The fraction of sp³-hybridized carbons (Fsp3) is 0.500. The van der Waals surface area contributed by atoms with Gasteiger partial charge in [0.15, 0.2) is 5.82 Å². The van der Waals surface area contributed by atoms with Gasteiger partial charge in [0.1, 0.15) is 28.0 Å². The van der Waals surface area contributed by atoms with Crippen LogP contribution in [-0.2, 0) is 4.74 Å². The molecule has 2 aromatic heterocycles. The van der Waals surface area contributed by atoms with Crippen LogP contribution in [-0.4, -0.2) is 72.1 Å². The number of nitrogens with zero attached hydrogens (tertiary/aromatic N) is 4. The summed E-state index contributed by atoms with van der Waals surface area (Å²) in [7, 11) is 1.91. The number of benzene rings is 1. The number of carbonyl (C=O) groups excluding carboxylic acids is 1. The van der Waals surface area contributed by atoms with Crippen molar-refractivity contribution in [1.82, 2.24) is 25.3 Å². The molecule has 12 heteroatoms. The summed E-state index contributed by atoms with van der Waals surface area (Å²) in [6, 6.07) is 5.35. The van der Waals surface area contributed by atoms with Crippen LogP contribution in [0.25, 0.3) is 22.6 Å². The molecule has 1 atom stereocenters. The summed E-state index contributed by atoms with van der Waals surface area (Å²) in [6.45, 7) is 8.28. The molecule has 1 fully saturated rings. The van der Waals surface area contributed by atoms with Crippen LogP contribution >= 0.6 is 23.2 Å². The minimum atomic E-state index is -0.307. The second kappa shape index (κ2) is 14.0. The van der Waals surface area contributed by atoms with Gasteiger partial charge in [-0.15, -0.1) is 0 Å². The molecule has 1 aromatic carbocycles. The standard InChI is InChI=1S/C28H36Cl2N6O4/c1-5-38-28(37)36-13-7-6-9-19(36)16-32-27-24(30)25(23-17(2)35-40-18(23)3)33-26(34-27)21-15-20(10-11-22(21)29)39-14-8-12-31-4/h10-11,15,19,31H,5-9,12-14,16H2,1-4H3,(H,32,33,34). The van der Waals surface area contributed by atoms with Gasteiger partial charge in [-0.2, -0.15) is 0 Å². The number of likely N-dealkylation sites (tertiary alicyclic amines) is 1. The number of ether oxygens (including phenoxy) is 2. The van der Waals surface area contributed by atoms with Gasteiger partial charge in [-0.1, -0.05) is 28.4 Å². The lowest BCUT2D eigenvalue weighted by Crippen LogP contribution is -2.47. The van der Waals surface area contributed by atoms with Gasteiger partial charge in [0.2, 0.25) is 0 Å². The van der Waals surface area contributed by atoms with Crippen molar-refractivity contribution >= 4 is 35.1 Å². The van der Waals surface area contributed by atoms with Gasteiger partial charge in [0.25, 0.3) is 0 Å². The first-order valence-electron chi connectivity index (χ1n) is 13.6. The van der Waals surface area contributed by atoms with Gasteiger partial charge in [-0.25, -0.2) is 14.8 Å². The molecule has 3 aromatic rings. The van der Waals surface area contributed by atoms with Crippen molar-refractivity contribution in [1.29, 1.82) is 0 Å². The Morgan fingerprint density at radius 3 is 2.77 bits per heavy atom. The second-order valence-electron chi connectivity index (χ2n) is 9.63. The van der Waals surface area contributed by atoms with Gasteiger partial charge in [0, 0.05) is 18.7 Å². The van der Waals surface area contributed by atoms with Crippen LogP contribution in [0, 0.1) is 13.8 Å². The number of hydrogen-bond acceptors (Lipinski definition) is 9. The third-order valence-electron chi connectivity index (χ3n) is 6.77. The molecular weight excluding hydrogens is 555 g/mol. The Bertz CT molecular complexity index is 1300. The molecule has 1 saturated heterocycles. The maximum absolute atomic E-state index is 12.6. The lowest BCUT2D eigenvalue weighted by Gasteiger charge is -2.35. The molecule has 0 bridgehead atoms. The molecule has 1 aliphatic rings. The maximum Gasteiger partial charge on any atom is 0.410 e. The van der Waals surface area contributed by atoms with E-state index >= 15 is 0 Å². The molecule has 10 nitrogen and oxygen atoms in total. The summed E-state index contributed by atoms with van der Waals surface area (Å²) in [5.41, 5.74) is 2.43. The van der Waals surface area contributed by atoms with Gasteiger partial charge >= 0.3 is 6.09 Å². The highest BCUT2D eigenvalue weighted by Gasteiger charge is 2.29. The Labute approximate surface area is 244 Å². The number of amides is 1. The third-order valence-corrected chi connectivity index (χ3v) is 7.46. The van der Waals surface area contributed by atoms with Crippen LogP contribution in [0.15, 0.2) is 22.7 Å². The summed E-state index contributed by atoms with van der Waals surface area (Å²) < 4.78 is 16.6. The van der Waals surface area contributed by atoms with E-state index in [9.17, 15) is 4.79 Å². The Morgan fingerprint density at radius 2 is 2.05 bits per heavy atom. The molecular formula is C28H36Cl2N6O4. The smallest absolute Gasteiger partial charge is 0.410 e. The van der Waals surface area contributed by atoms with Crippen LogP contribution in [0.4, 0.5) is 10.6 Å². The van der Waals surface area contributed by atoms with E-state index in [0.29, 0.717) is 82.0 Å². The van der Waals surface area contributed by atoms with E-state index in [1.165, 1.54) is 0 Å². The van der Waals surface area contributed by atoms with Crippen LogP contribution in [0.2, 0.25) is 10.0 Å². The van der Waals surface area contributed by atoms with E-state index in [4.69, 9.17) is 47.2 Å². The van der Waals surface area contributed by atoms with Crippen LogP contribution < -0.4 is 15.4 Å². The van der Waals surface area contributed by atoms with Crippen molar-refractivity contribution in [3.8, 4) is 28.4 Å². The van der Waals surface area contributed by atoms with E-state index in [0.717, 1.165) is 32.2 Å². The first kappa shape index (κ1) is 29.9. The molecule has 1 aliphatic heterocycles. The van der Waals surface area contributed by atoms with E-state index in [2.05, 4.69) is 15.8 Å². The van der Waals surface area contributed by atoms with Gasteiger partial charge in [-0.05, 0) is 78.2 Å². The topological polar surface area (TPSA) is 115 Å². The van der Waals surface area contributed by atoms with Crippen LogP contribution in [0.1, 0.15) is 44.1 Å². The average molecular weight is 592 g/mol. The zero-order valence-corrected chi connectivity index (χ0v) is 24.9. The number of aryl methyl sites for hydroxylation is 2. The van der Waals surface area contributed by atoms with E-state index in [1.54, 1.807) is 17.9 Å². The summed E-state index contributed by atoms with van der Waals surface area (Å²) in [5.74, 6) is 2.05. The van der Waals surface area contributed by atoms with Crippen molar-refractivity contribution in [3.63, 3.8) is 0 Å². The fourth-order valence-electron chi connectivity index (χ4n) is 4.75. The maximum atomic E-state index is 12.6. The van der Waals surface area contributed by atoms with Crippen molar-refractivity contribution in [3.05, 3.63) is 39.7 Å². The zero-order valence-electron chi connectivity index (χ0n) is 23.4. The fourth-order valence-corrected chi connectivity index (χ4v) is 5.20. The molecule has 4 rings (SSSR count). The minimum Gasteiger partial charge on any atom is -0.494 e. The highest BCUT2D eigenvalue weighted by molar-refractivity contribution is 6.35. The Morgan fingerprint density at radius 1 is 1.23 bits per heavy atom. The molecule has 1 unspecified atom stereocenters. The number of halogens is 2. The van der Waals surface area contributed by atoms with E-state index in [1.807, 2.05) is 33.0 Å². The number of rotatable bonds is 11. The second-order valence-corrected chi connectivity index (χ2v) is 10.4. The molecule has 1 amide bonds. The molecule has 3 heterocycles. The zero-order chi connectivity index (χ0) is 28.6. The summed E-state index contributed by atoms with van der Waals surface area (Å²) in [5, 5.41) is 11.4. The summed E-state index contributed by atoms with van der Waals surface area (Å²) >= 11 is 13.6. The molecule has 0 saturated carbocycles. The van der Waals surface area contributed by atoms with Crippen molar-refractivity contribution < 1.29 is 18.8 Å². The average Bonchev–Trinajstić information content (AvgIpc) is 3.29. The molecule has 40 heavy (non-hydrogen) atoms. The van der Waals surface area contributed by atoms with Gasteiger partial charge < -0.3 is 29.5 Å². The normalized spacial score (nSPS) is 15.2. The molecule has 0 spiro atoms. The minimum absolute atomic E-state index is 0.0669. The molecule has 2 N–H and O–H groups in total. The van der Waals surface area contributed by atoms with Gasteiger partial charge in [-0.3, -0.25) is 0 Å². The number of piperidine rings is 1. The summed E-state index contributed by atoms with van der Waals surface area (Å²) in [4.78, 5) is 24.0. The Kier molecular flexibility index (Phi) is 10.5. The predicted molar refractivity (Wildman–Crippen MR) is 156 cm³/mol. The molecule has 0 aliphatic carbocycles. The molecule has 0 radical (unpaired) electrons. The third kappa shape index (κ3) is 6.97. The summed E-state index contributed by atoms with van der Waals surface area (Å²) in [6.07, 6.45) is 3.36.